The molecule has 3 heteroatoms. The first-order valence-electron chi connectivity index (χ1n) is 5.82. The molecule has 0 saturated carbocycles. The number of hydrogen-bond donors (Lipinski definition) is 2. The van der Waals surface area contributed by atoms with Crippen LogP contribution in [0.2, 0.25) is 5.02 Å². The fourth-order valence-corrected chi connectivity index (χ4v) is 2.81. The second-order valence-corrected chi connectivity index (χ2v) is 4.86. The van der Waals surface area contributed by atoms with Gasteiger partial charge >= 0.3 is 0 Å². The number of hydrogen-bond acceptors (Lipinski definition) is 1. The molecule has 1 aromatic heterocycles. The predicted molar refractivity (Wildman–Crippen MR) is 68.2 cm³/mol. The maximum absolute atomic E-state index is 6.14. The Labute approximate surface area is 100.0 Å². The van der Waals surface area contributed by atoms with E-state index in [4.69, 9.17) is 11.6 Å². The second kappa shape index (κ2) is 4.11. The Morgan fingerprint density at radius 1 is 1.31 bits per heavy atom. The topological polar surface area (TPSA) is 27.8 Å². The van der Waals surface area contributed by atoms with Crippen LogP contribution in [0, 0.1) is 0 Å². The fraction of sp³-hybridized carbons (Fsp3) is 0.385. The molecule has 1 unspecified atom stereocenters. The third kappa shape index (κ3) is 1.62. The molecular weight excluding hydrogens is 220 g/mol. The van der Waals surface area contributed by atoms with Crippen molar-refractivity contribution in [1.82, 2.24) is 10.3 Å². The van der Waals surface area contributed by atoms with Crippen LogP contribution in [0.15, 0.2) is 24.4 Å². The van der Waals surface area contributed by atoms with Crippen molar-refractivity contribution in [3.05, 3.63) is 35.0 Å². The van der Waals surface area contributed by atoms with Crippen molar-refractivity contribution < 1.29 is 0 Å². The van der Waals surface area contributed by atoms with Gasteiger partial charge in [-0.05, 0) is 30.9 Å². The molecule has 1 aliphatic heterocycles. The van der Waals surface area contributed by atoms with Crippen LogP contribution in [0.25, 0.3) is 10.9 Å². The summed E-state index contributed by atoms with van der Waals surface area (Å²) in [4.78, 5) is 3.29. The maximum Gasteiger partial charge on any atom is 0.0659 e. The van der Waals surface area contributed by atoms with Crippen LogP contribution in [0.5, 0.6) is 0 Å². The van der Waals surface area contributed by atoms with E-state index in [0.717, 1.165) is 23.5 Å². The minimum atomic E-state index is 0.618. The number of aromatic amines is 1. The van der Waals surface area contributed by atoms with Gasteiger partial charge in [0, 0.05) is 18.1 Å². The molecule has 2 aromatic rings. The van der Waals surface area contributed by atoms with Gasteiger partial charge in [-0.25, -0.2) is 0 Å². The molecule has 2 N–H and O–H groups in total. The average Bonchev–Trinajstić information content (AvgIpc) is 2.73. The monoisotopic (exact) mass is 234 g/mol. The van der Waals surface area contributed by atoms with Crippen LogP contribution in [0.3, 0.4) is 0 Å². The SMILES string of the molecule is Clc1c[nH]c2c(C3CCCNC3)cccc12. The van der Waals surface area contributed by atoms with E-state index in [9.17, 15) is 0 Å². The number of H-pyrrole nitrogens is 1. The molecule has 0 aliphatic carbocycles. The summed E-state index contributed by atoms with van der Waals surface area (Å²) in [5.74, 6) is 0.618. The van der Waals surface area contributed by atoms with Crippen molar-refractivity contribution in [1.29, 1.82) is 0 Å². The van der Waals surface area contributed by atoms with Gasteiger partial charge in [0.15, 0.2) is 0 Å². The molecule has 1 aromatic carbocycles. The largest absolute Gasteiger partial charge is 0.360 e. The van der Waals surface area contributed by atoms with Gasteiger partial charge in [0.2, 0.25) is 0 Å². The van der Waals surface area contributed by atoms with Gasteiger partial charge in [0.1, 0.15) is 0 Å². The van der Waals surface area contributed by atoms with Crippen LogP contribution in [-0.2, 0) is 0 Å². The van der Waals surface area contributed by atoms with E-state index in [1.165, 1.54) is 23.9 Å². The van der Waals surface area contributed by atoms with Crippen LogP contribution in [0.4, 0.5) is 0 Å². The zero-order valence-electron chi connectivity index (χ0n) is 9.09. The lowest BCUT2D eigenvalue weighted by Gasteiger charge is -2.23. The lowest BCUT2D eigenvalue weighted by Crippen LogP contribution is -2.28. The molecule has 1 fully saturated rings. The van der Waals surface area contributed by atoms with E-state index in [1.807, 2.05) is 6.20 Å². The van der Waals surface area contributed by atoms with Crippen molar-refractivity contribution in [3.8, 4) is 0 Å². The van der Waals surface area contributed by atoms with Gasteiger partial charge in [-0.2, -0.15) is 0 Å². The maximum atomic E-state index is 6.14. The molecule has 84 valence electrons. The van der Waals surface area contributed by atoms with Crippen LogP contribution in [0.1, 0.15) is 24.3 Å². The number of aromatic nitrogens is 1. The van der Waals surface area contributed by atoms with Gasteiger partial charge in [0.05, 0.1) is 10.5 Å². The summed E-state index contributed by atoms with van der Waals surface area (Å²) < 4.78 is 0. The highest BCUT2D eigenvalue weighted by Crippen LogP contribution is 2.32. The summed E-state index contributed by atoms with van der Waals surface area (Å²) in [5, 5.41) is 5.42. The molecule has 1 atom stereocenters. The molecule has 0 radical (unpaired) electrons. The molecule has 1 aliphatic rings. The standard InChI is InChI=1S/C13H15ClN2/c14-12-8-16-13-10(4-1-5-11(12)13)9-3-2-6-15-7-9/h1,4-5,8-9,15-16H,2-3,6-7H2. The Kier molecular flexibility index (Phi) is 2.62. The highest BCUT2D eigenvalue weighted by Gasteiger charge is 2.18. The number of benzene rings is 1. The molecule has 16 heavy (non-hydrogen) atoms. The van der Waals surface area contributed by atoms with Crippen LogP contribution < -0.4 is 5.32 Å². The van der Waals surface area contributed by atoms with Gasteiger partial charge in [-0.3, -0.25) is 0 Å². The van der Waals surface area contributed by atoms with Crippen molar-refractivity contribution in [3.63, 3.8) is 0 Å². The number of piperidine rings is 1. The zero-order chi connectivity index (χ0) is 11.0. The van der Waals surface area contributed by atoms with Gasteiger partial charge < -0.3 is 10.3 Å². The summed E-state index contributed by atoms with van der Waals surface area (Å²) in [7, 11) is 0. The van der Waals surface area contributed by atoms with Crippen molar-refractivity contribution in [2.24, 2.45) is 0 Å². The molecule has 1 saturated heterocycles. The molecular formula is C13H15ClN2. The van der Waals surface area contributed by atoms with E-state index < -0.39 is 0 Å². The quantitative estimate of drug-likeness (QED) is 0.779. The van der Waals surface area contributed by atoms with E-state index in [1.54, 1.807) is 0 Å². The Morgan fingerprint density at radius 2 is 2.25 bits per heavy atom. The fourth-order valence-electron chi connectivity index (χ4n) is 2.60. The molecule has 0 bridgehead atoms. The smallest absolute Gasteiger partial charge is 0.0659 e. The average molecular weight is 235 g/mol. The van der Waals surface area contributed by atoms with Gasteiger partial charge in [0.25, 0.3) is 0 Å². The summed E-state index contributed by atoms with van der Waals surface area (Å²) in [5.41, 5.74) is 2.61. The Bertz CT molecular complexity index is 498. The first-order chi connectivity index (χ1) is 7.86. The number of halogens is 1. The van der Waals surface area contributed by atoms with E-state index in [2.05, 4.69) is 28.5 Å². The zero-order valence-corrected chi connectivity index (χ0v) is 9.85. The molecule has 3 rings (SSSR count). The van der Waals surface area contributed by atoms with Gasteiger partial charge in [-0.15, -0.1) is 0 Å². The normalized spacial score (nSPS) is 21.4. The van der Waals surface area contributed by atoms with Crippen molar-refractivity contribution >= 4 is 22.5 Å². The Morgan fingerprint density at radius 3 is 3.06 bits per heavy atom. The third-order valence-corrected chi connectivity index (χ3v) is 3.75. The summed E-state index contributed by atoms with van der Waals surface area (Å²) in [6.45, 7) is 2.23. The first kappa shape index (κ1) is 10.2. The predicted octanol–water partition coefficient (Wildman–Crippen LogP) is 3.29. The summed E-state index contributed by atoms with van der Waals surface area (Å²) in [6.07, 6.45) is 4.41. The third-order valence-electron chi connectivity index (χ3n) is 3.43. The Balaban J connectivity index is 2.08. The highest BCUT2D eigenvalue weighted by molar-refractivity contribution is 6.35. The van der Waals surface area contributed by atoms with E-state index >= 15 is 0 Å². The number of fused-ring (bicyclic) bond motifs is 1. The van der Waals surface area contributed by atoms with Crippen molar-refractivity contribution in [2.45, 2.75) is 18.8 Å². The van der Waals surface area contributed by atoms with E-state index in [-0.39, 0.29) is 0 Å². The number of rotatable bonds is 1. The van der Waals surface area contributed by atoms with Crippen molar-refractivity contribution in [2.75, 3.05) is 13.1 Å². The second-order valence-electron chi connectivity index (χ2n) is 4.45. The van der Waals surface area contributed by atoms with Gasteiger partial charge in [-0.1, -0.05) is 29.8 Å². The van der Waals surface area contributed by atoms with E-state index in [0.29, 0.717) is 5.92 Å². The molecule has 0 amide bonds. The minimum absolute atomic E-state index is 0.618. The lowest BCUT2D eigenvalue weighted by molar-refractivity contribution is 0.463. The molecule has 2 nitrogen and oxygen atoms in total. The number of para-hydroxylation sites is 1. The first-order valence-corrected chi connectivity index (χ1v) is 6.20. The lowest BCUT2D eigenvalue weighted by atomic mass is 9.90. The highest BCUT2D eigenvalue weighted by atomic mass is 35.5. The molecule has 2 heterocycles. The van der Waals surface area contributed by atoms with Crippen LogP contribution in [-0.4, -0.2) is 18.1 Å². The minimum Gasteiger partial charge on any atom is -0.360 e. The number of nitrogens with one attached hydrogen (secondary N) is 2. The van der Waals surface area contributed by atoms with Crippen LogP contribution >= 0.6 is 11.6 Å². The summed E-state index contributed by atoms with van der Waals surface area (Å²) >= 11 is 6.14. The molecule has 0 spiro atoms. The summed E-state index contributed by atoms with van der Waals surface area (Å²) in [6, 6.07) is 6.40. The Hall–Kier alpha value is -0.990.